The first kappa shape index (κ1) is 14.0. The molecule has 1 N–H and O–H groups in total. The van der Waals surface area contributed by atoms with Gasteiger partial charge in [0.2, 0.25) is 0 Å². The Morgan fingerprint density at radius 3 is 2.12 bits per heavy atom. The van der Waals surface area contributed by atoms with Gasteiger partial charge < -0.3 is 5.11 Å². The van der Waals surface area contributed by atoms with Crippen LogP contribution < -0.4 is 0 Å². The van der Waals surface area contributed by atoms with E-state index in [1.807, 2.05) is 13.8 Å². The van der Waals surface area contributed by atoms with Crippen LogP contribution in [0.3, 0.4) is 0 Å². The lowest BCUT2D eigenvalue weighted by Crippen LogP contribution is -2.31. The van der Waals surface area contributed by atoms with Crippen LogP contribution in [0.5, 0.6) is 5.75 Å². The number of hydrogen-bond donors (Lipinski definition) is 1. The monoisotopic (exact) mass is 235 g/mol. The second-order valence-electron chi connectivity index (χ2n) is 4.90. The standard InChI is InChI=1S/C15H25NO/c1-6-13(5)16(7-2)10-14-8-11(3)15(17)12(4)9-14/h8-9,13,17H,6-7,10H2,1-5H3. The third kappa shape index (κ3) is 3.47. The molecule has 1 aromatic rings. The molecule has 2 heteroatoms. The molecule has 1 aromatic carbocycles. The molecule has 0 aliphatic carbocycles. The van der Waals surface area contributed by atoms with Crippen LogP contribution >= 0.6 is 0 Å². The topological polar surface area (TPSA) is 23.5 Å². The van der Waals surface area contributed by atoms with Crippen molar-refractivity contribution in [3.05, 3.63) is 28.8 Å². The molecule has 0 fully saturated rings. The minimum absolute atomic E-state index is 0.431. The number of rotatable bonds is 5. The predicted molar refractivity (Wildman–Crippen MR) is 73.4 cm³/mol. The Hall–Kier alpha value is -1.02. The predicted octanol–water partition coefficient (Wildman–Crippen LogP) is 3.63. The highest BCUT2D eigenvalue weighted by Gasteiger charge is 2.11. The summed E-state index contributed by atoms with van der Waals surface area (Å²) in [7, 11) is 0. The van der Waals surface area contributed by atoms with Crippen molar-refractivity contribution in [1.82, 2.24) is 4.90 Å². The molecule has 1 atom stereocenters. The van der Waals surface area contributed by atoms with E-state index < -0.39 is 0 Å². The average Bonchev–Trinajstić information content (AvgIpc) is 2.31. The molecule has 0 bridgehead atoms. The summed E-state index contributed by atoms with van der Waals surface area (Å²) in [5.74, 6) is 0.431. The van der Waals surface area contributed by atoms with E-state index in [1.54, 1.807) is 0 Å². The van der Waals surface area contributed by atoms with Crippen LogP contribution in [0.15, 0.2) is 12.1 Å². The van der Waals surface area contributed by atoms with Crippen LogP contribution in [-0.4, -0.2) is 22.6 Å². The van der Waals surface area contributed by atoms with Crippen molar-refractivity contribution in [3.8, 4) is 5.75 Å². The smallest absolute Gasteiger partial charge is 0.121 e. The highest BCUT2D eigenvalue weighted by Crippen LogP contribution is 2.24. The summed E-state index contributed by atoms with van der Waals surface area (Å²) in [6.45, 7) is 12.6. The van der Waals surface area contributed by atoms with Crippen molar-refractivity contribution in [2.45, 2.75) is 53.6 Å². The first-order chi connectivity index (χ1) is 7.99. The molecule has 1 rings (SSSR count). The Kier molecular flexibility index (Phi) is 5.01. The van der Waals surface area contributed by atoms with Crippen molar-refractivity contribution in [2.75, 3.05) is 6.54 Å². The summed E-state index contributed by atoms with van der Waals surface area (Å²) >= 11 is 0. The number of hydrogen-bond acceptors (Lipinski definition) is 2. The lowest BCUT2D eigenvalue weighted by Gasteiger charge is -2.27. The number of nitrogens with zero attached hydrogens (tertiary/aromatic N) is 1. The SMILES string of the molecule is CCC(C)N(CC)Cc1cc(C)c(O)c(C)c1. The number of phenolic OH excluding ortho intramolecular Hbond substituents is 1. The van der Waals surface area contributed by atoms with Gasteiger partial charge in [0.15, 0.2) is 0 Å². The molecule has 17 heavy (non-hydrogen) atoms. The minimum Gasteiger partial charge on any atom is -0.507 e. The maximum Gasteiger partial charge on any atom is 0.121 e. The maximum atomic E-state index is 9.76. The van der Waals surface area contributed by atoms with Gasteiger partial charge in [-0.1, -0.05) is 26.0 Å². The summed E-state index contributed by atoms with van der Waals surface area (Å²) in [6, 6.07) is 4.79. The lowest BCUT2D eigenvalue weighted by atomic mass is 10.0. The van der Waals surface area contributed by atoms with Crippen LogP contribution in [-0.2, 0) is 6.54 Å². The van der Waals surface area contributed by atoms with Crippen LogP contribution in [0.2, 0.25) is 0 Å². The van der Waals surface area contributed by atoms with Gasteiger partial charge in [0.05, 0.1) is 0 Å². The van der Waals surface area contributed by atoms with E-state index in [0.29, 0.717) is 11.8 Å². The van der Waals surface area contributed by atoms with Crippen LogP contribution in [0.1, 0.15) is 43.9 Å². The zero-order valence-electron chi connectivity index (χ0n) is 11.7. The minimum atomic E-state index is 0.431. The average molecular weight is 235 g/mol. The molecule has 1 unspecified atom stereocenters. The highest BCUT2D eigenvalue weighted by atomic mass is 16.3. The third-order valence-corrected chi connectivity index (χ3v) is 3.56. The van der Waals surface area contributed by atoms with Gasteiger partial charge in [-0.05, 0) is 50.4 Å². The van der Waals surface area contributed by atoms with Gasteiger partial charge in [0.1, 0.15) is 5.75 Å². The van der Waals surface area contributed by atoms with Crippen molar-refractivity contribution < 1.29 is 5.11 Å². The van der Waals surface area contributed by atoms with Gasteiger partial charge in [-0.15, -0.1) is 0 Å². The molecule has 0 saturated carbocycles. The molecule has 0 saturated heterocycles. The molecule has 0 heterocycles. The molecule has 2 nitrogen and oxygen atoms in total. The van der Waals surface area contributed by atoms with Crippen LogP contribution in [0.4, 0.5) is 0 Å². The Morgan fingerprint density at radius 1 is 1.18 bits per heavy atom. The van der Waals surface area contributed by atoms with Crippen molar-refractivity contribution >= 4 is 0 Å². The summed E-state index contributed by atoms with van der Waals surface area (Å²) in [6.07, 6.45) is 1.17. The number of benzene rings is 1. The van der Waals surface area contributed by atoms with Crippen LogP contribution in [0.25, 0.3) is 0 Å². The molecule has 0 aliphatic rings. The normalized spacial score (nSPS) is 13.1. The molecular formula is C15H25NO. The second-order valence-corrected chi connectivity index (χ2v) is 4.90. The molecule has 0 aromatic heterocycles. The Balaban J connectivity index is 2.87. The van der Waals surface area contributed by atoms with E-state index in [-0.39, 0.29) is 0 Å². The molecule has 0 spiro atoms. The zero-order valence-corrected chi connectivity index (χ0v) is 11.7. The fourth-order valence-electron chi connectivity index (χ4n) is 2.21. The van der Waals surface area contributed by atoms with Gasteiger partial charge in [0.25, 0.3) is 0 Å². The Labute approximate surface area is 105 Å². The van der Waals surface area contributed by atoms with E-state index in [9.17, 15) is 5.11 Å². The van der Waals surface area contributed by atoms with E-state index >= 15 is 0 Å². The number of aromatic hydroxyl groups is 1. The number of phenols is 1. The highest BCUT2D eigenvalue weighted by molar-refractivity contribution is 5.42. The van der Waals surface area contributed by atoms with E-state index in [4.69, 9.17) is 0 Å². The second kappa shape index (κ2) is 6.06. The zero-order chi connectivity index (χ0) is 13.0. The van der Waals surface area contributed by atoms with E-state index in [0.717, 1.165) is 24.2 Å². The Bertz CT molecular complexity index is 350. The van der Waals surface area contributed by atoms with Crippen LogP contribution in [0, 0.1) is 13.8 Å². The lowest BCUT2D eigenvalue weighted by molar-refractivity contribution is 0.206. The molecular weight excluding hydrogens is 210 g/mol. The van der Waals surface area contributed by atoms with Gasteiger partial charge in [-0.2, -0.15) is 0 Å². The van der Waals surface area contributed by atoms with Crippen molar-refractivity contribution in [1.29, 1.82) is 0 Å². The summed E-state index contributed by atoms with van der Waals surface area (Å²) < 4.78 is 0. The molecule has 0 aliphatic heterocycles. The maximum absolute atomic E-state index is 9.76. The largest absolute Gasteiger partial charge is 0.507 e. The van der Waals surface area contributed by atoms with Gasteiger partial charge in [-0.25, -0.2) is 0 Å². The quantitative estimate of drug-likeness (QED) is 0.842. The fraction of sp³-hybridized carbons (Fsp3) is 0.600. The van der Waals surface area contributed by atoms with E-state index in [2.05, 4.69) is 37.8 Å². The number of aryl methyl sites for hydroxylation is 2. The van der Waals surface area contributed by atoms with Crippen molar-refractivity contribution in [2.24, 2.45) is 0 Å². The Morgan fingerprint density at radius 2 is 1.71 bits per heavy atom. The molecule has 0 radical (unpaired) electrons. The first-order valence-corrected chi connectivity index (χ1v) is 6.52. The molecule has 96 valence electrons. The van der Waals surface area contributed by atoms with Crippen molar-refractivity contribution in [3.63, 3.8) is 0 Å². The summed E-state index contributed by atoms with van der Waals surface area (Å²) in [5, 5.41) is 9.76. The van der Waals surface area contributed by atoms with Gasteiger partial charge in [-0.3, -0.25) is 4.90 Å². The third-order valence-electron chi connectivity index (χ3n) is 3.56. The van der Waals surface area contributed by atoms with E-state index in [1.165, 1.54) is 12.0 Å². The van der Waals surface area contributed by atoms with Gasteiger partial charge >= 0.3 is 0 Å². The van der Waals surface area contributed by atoms with Gasteiger partial charge in [0, 0.05) is 12.6 Å². The molecule has 0 amide bonds. The summed E-state index contributed by atoms with van der Waals surface area (Å²) in [5.41, 5.74) is 3.24. The fourth-order valence-corrected chi connectivity index (χ4v) is 2.21. The summed E-state index contributed by atoms with van der Waals surface area (Å²) in [4.78, 5) is 2.46. The first-order valence-electron chi connectivity index (χ1n) is 6.52.